The monoisotopic (exact) mass is 300 g/mol. The van der Waals surface area contributed by atoms with Crippen molar-refractivity contribution in [2.24, 2.45) is 5.73 Å². The van der Waals surface area contributed by atoms with Crippen molar-refractivity contribution in [1.82, 2.24) is 0 Å². The van der Waals surface area contributed by atoms with E-state index in [1.165, 1.54) is 0 Å². The molecule has 0 radical (unpaired) electrons. The van der Waals surface area contributed by atoms with Gasteiger partial charge in [-0.3, -0.25) is 0 Å². The van der Waals surface area contributed by atoms with Crippen molar-refractivity contribution in [3.05, 3.63) is 28.8 Å². The van der Waals surface area contributed by atoms with Gasteiger partial charge in [0.1, 0.15) is 10.6 Å². The van der Waals surface area contributed by atoms with Gasteiger partial charge >= 0.3 is 0 Å². The number of thiocarbonyl (C=S) groups is 1. The topological polar surface area (TPSA) is 56.5 Å². The average Bonchev–Trinajstić information content (AvgIpc) is 2.85. The number of methoxy groups -OCH3 is 1. The molecular formula is C13H17ClN2O2S. The Balaban J connectivity index is 2.15. The fraction of sp³-hybridized carbons (Fsp3) is 0.462. The summed E-state index contributed by atoms with van der Waals surface area (Å²) < 4.78 is 11.0. The summed E-state index contributed by atoms with van der Waals surface area (Å²) in [5.74, 6) is 0. The van der Waals surface area contributed by atoms with Crippen LogP contribution in [0, 0.1) is 0 Å². The van der Waals surface area contributed by atoms with Crippen LogP contribution in [0.5, 0.6) is 0 Å². The van der Waals surface area contributed by atoms with E-state index in [-0.39, 0.29) is 10.6 Å². The molecule has 0 bridgehead atoms. The summed E-state index contributed by atoms with van der Waals surface area (Å²) in [6.07, 6.45) is 0.861. The van der Waals surface area contributed by atoms with Gasteiger partial charge in [0.25, 0.3) is 0 Å². The van der Waals surface area contributed by atoms with E-state index in [0.717, 1.165) is 12.1 Å². The van der Waals surface area contributed by atoms with Gasteiger partial charge < -0.3 is 20.5 Å². The Kier molecular flexibility index (Phi) is 4.62. The number of hydrogen-bond acceptors (Lipinski definition) is 4. The Morgan fingerprint density at radius 3 is 3.00 bits per heavy atom. The summed E-state index contributed by atoms with van der Waals surface area (Å²) in [7, 11) is 1.70. The fourth-order valence-electron chi connectivity index (χ4n) is 2.14. The number of halogens is 1. The molecule has 1 unspecified atom stereocenters. The first-order chi connectivity index (χ1) is 9.08. The fourth-order valence-corrected chi connectivity index (χ4v) is 2.69. The summed E-state index contributed by atoms with van der Waals surface area (Å²) in [6.45, 7) is 1.92. The minimum atomic E-state index is -0.296. The molecule has 2 rings (SSSR count). The summed E-state index contributed by atoms with van der Waals surface area (Å²) in [4.78, 5) is 0.280. The van der Waals surface area contributed by atoms with Gasteiger partial charge in [-0.1, -0.05) is 29.9 Å². The van der Waals surface area contributed by atoms with Gasteiger partial charge in [-0.2, -0.15) is 0 Å². The lowest BCUT2D eigenvalue weighted by atomic mass is 10.0. The molecule has 0 amide bonds. The van der Waals surface area contributed by atoms with Crippen molar-refractivity contribution in [3.8, 4) is 0 Å². The van der Waals surface area contributed by atoms with E-state index >= 15 is 0 Å². The molecule has 6 heteroatoms. The zero-order valence-electron chi connectivity index (χ0n) is 10.7. The van der Waals surface area contributed by atoms with Gasteiger partial charge in [0.05, 0.1) is 17.2 Å². The Hall–Kier alpha value is -0.880. The quantitative estimate of drug-likeness (QED) is 0.817. The van der Waals surface area contributed by atoms with Crippen LogP contribution in [0.2, 0.25) is 5.02 Å². The van der Waals surface area contributed by atoms with Crippen LogP contribution in [0.3, 0.4) is 0 Å². The van der Waals surface area contributed by atoms with Gasteiger partial charge in [-0.05, 0) is 12.1 Å². The molecule has 4 nitrogen and oxygen atoms in total. The number of benzene rings is 1. The molecule has 1 aromatic rings. The number of nitrogens with one attached hydrogen (secondary N) is 1. The lowest BCUT2D eigenvalue weighted by molar-refractivity contribution is -0.00620. The van der Waals surface area contributed by atoms with E-state index in [1.54, 1.807) is 13.2 Å². The van der Waals surface area contributed by atoms with E-state index in [2.05, 4.69) is 5.32 Å². The van der Waals surface area contributed by atoms with E-state index in [4.69, 9.17) is 39.0 Å². The zero-order chi connectivity index (χ0) is 13.9. The second kappa shape index (κ2) is 6.05. The van der Waals surface area contributed by atoms with Crippen molar-refractivity contribution >= 4 is 34.5 Å². The third kappa shape index (κ3) is 3.17. The lowest BCUT2D eigenvalue weighted by Crippen LogP contribution is -2.39. The SMILES string of the molecule is COC1(CNc2cccc(Cl)c2C(N)=S)CCOC1. The molecular weight excluding hydrogens is 284 g/mol. The highest BCUT2D eigenvalue weighted by molar-refractivity contribution is 7.80. The second-order valence-corrected chi connectivity index (χ2v) is 5.42. The maximum Gasteiger partial charge on any atom is 0.110 e. The molecule has 3 N–H and O–H groups in total. The van der Waals surface area contributed by atoms with Gasteiger partial charge in [-0.25, -0.2) is 0 Å². The van der Waals surface area contributed by atoms with Crippen LogP contribution in [0.15, 0.2) is 18.2 Å². The molecule has 1 aliphatic heterocycles. The first-order valence-electron chi connectivity index (χ1n) is 6.03. The Bertz CT molecular complexity index is 476. The van der Waals surface area contributed by atoms with Crippen LogP contribution < -0.4 is 11.1 Å². The Morgan fingerprint density at radius 2 is 2.42 bits per heavy atom. The lowest BCUT2D eigenvalue weighted by Gasteiger charge is -2.27. The van der Waals surface area contributed by atoms with Crippen molar-refractivity contribution in [1.29, 1.82) is 0 Å². The summed E-state index contributed by atoms with van der Waals surface area (Å²) in [5, 5.41) is 3.86. The largest absolute Gasteiger partial charge is 0.389 e. The van der Waals surface area contributed by atoms with E-state index < -0.39 is 0 Å². The molecule has 1 aliphatic rings. The number of hydrogen-bond donors (Lipinski definition) is 2. The summed E-state index contributed by atoms with van der Waals surface area (Å²) in [6, 6.07) is 5.53. The first kappa shape index (κ1) is 14.5. The first-order valence-corrected chi connectivity index (χ1v) is 6.82. The van der Waals surface area contributed by atoms with Gasteiger partial charge in [-0.15, -0.1) is 0 Å². The standard InChI is InChI=1S/C13H17ClN2O2S/c1-17-13(5-6-18-8-13)7-16-10-4-2-3-9(14)11(10)12(15)19/h2-4,16H,5-8H2,1H3,(H2,15,19). The zero-order valence-corrected chi connectivity index (χ0v) is 12.3. The molecule has 1 atom stereocenters. The highest BCUT2D eigenvalue weighted by Gasteiger charge is 2.34. The molecule has 0 spiro atoms. The van der Waals surface area contributed by atoms with E-state index in [9.17, 15) is 0 Å². The highest BCUT2D eigenvalue weighted by Crippen LogP contribution is 2.27. The van der Waals surface area contributed by atoms with Crippen LogP contribution in [0.25, 0.3) is 0 Å². The number of anilines is 1. The molecule has 0 aliphatic carbocycles. The smallest absolute Gasteiger partial charge is 0.110 e. The summed E-state index contributed by atoms with van der Waals surface area (Å²) >= 11 is 11.2. The molecule has 0 saturated carbocycles. The molecule has 19 heavy (non-hydrogen) atoms. The van der Waals surface area contributed by atoms with Crippen molar-refractivity contribution in [3.63, 3.8) is 0 Å². The van der Waals surface area contributed by atoms with Crippen LogP contribution in [-0.2, 0) is 9.47 Å². The van der Waals surface area contributed by atoms with Crippen molar-refractivity contribution < 1.29 is 9.47 Å². The summed E-state index contributed by atoms with van der Waals surface area (Å²) in [5.41, 5.74) is 6.91. The maximum absolute atomic E-state index is 6.12. The maximum atomic E-state index is 6.12. The molecule has 1 aromatic carbocycles. The molecule has 0 aromatic heterocycles. The Morgan fingerprint density at radius 1 is 1.63 bits per heavy atom. The predicted molar refractivity (Wildman–Crippen MR) is 81.0 cm³/mol. The third-order valence-electron chi connectivity index (χ3n) is 3.36. The number of nitrogens with two attached hydrogens (primary N) is 1. The van der Waals surface area contributed by atoms with Crippen LogP contribution in [0.4, 0.5) is 5.69 Å². The minimum Gasteiger partial charge on any atom is -0.389 e. The second-order valence-electron chi connectivity index (χ2n) is 4.57. The van der Waals surface area contributed by atoms with Gasteiger partial charge in [0.2, 0.25) is 0 Å². The van der Waals surface area contributed by atoms with Crippen LogP contribution in [0.1, 0.15) is 12.0 Å². The normalized spacial score (nSPS) is 22.4. The van der Waals surface area contributed by atoms with E-state index in [0.29, 0.717) is 30.3 Å². The van der Waals surface area contributed by atoms with Crippen molar-refractivity contribution in [2.45, 2.75) is 12.0 Å². The number of ether oxygens (including phenoxy) is 2. The van der Waals surface area contributed by atoms with E-state index in [1.807, 2.05) is 12.1 Å². The van der Waals surface area contributed by atoms with Crippen LogP contribution >= 0.6 is 23.8 Å². The van der Waals surface area contributed by atoms with Gasteiger partial charge in [0, 0.05) is 32.4 Å². The van der Waals surface area contributed by atoms with Crippen molar-refractivity contribution in [2.75, 3.05) is 32.2 Å². The predicted octanol–water partition coefficient (Wildman–Crippen LogP) is 2.19. The van der Waals surface area contributed by atoms with Gasteiger partial charge in [0.15, 0.2) is 0 Å². The average molecular weight is 301 g/mol. The molecule has 1 heterocycles. The highest BCUT2D eigenvalue weighted by atomic mass is 35.5. The van der Waals surface area contributed by atoms with Crippen LogP contribution in [-0.4, -0.2) is 37.5 Å². The molecule has 104 valence electrons. The Labute approximate surface area is 123 Å². The number of rotatable bonds is 5. The molecule has 1 fully saturated rings. The minimum absolute atomic E-state index is 0.280. The molecule has 1 saturated heterocycles. The third-order valence-corrected chi connectivity index (χ3v) is 3.88.